The van der Waals surface area contributed by atoms with Crippen molar-refractivity contribution in [3.63, 3.8) is 0 Å². The van der Waals surface area contributed by atoms with Gasteiger partial charge < -0.3 is 0 Å². The van der Waals surface area contributed by atoms with E-state index in [0.29, 0.717) is 6.42 Å². The molecule has 0 unspecified atom stereocenters. The number of hydroxylamine groups is 1. The van der Waals surface area contributed by atoms with Crippen LogP contribution in [-0.4, -0.2) is 19.3 Å². The smallest absolute Gasteiger partial charge is 0.0895 e. The molecule has 0 saturated heterocycles. The maximum absolute atomic E-state index is 11.5. The zero-order valence-electron chi connectivity index (χ0n) is 6.69. The Morgan fingerprint density at radius 3 is 2.60 bits per heavy atom. The molecule has 0 aromatic rings. The summed E-state index contributed by atoms with van der Waals surface area (Å²) >= 11 is 0. The van der Waals surface area contributed by atoms with Crippen molar-refractivity contribution in [1.82, 2.24) is 5.48 Å². The Bertz CT molecular complexity index is 68.6. The molecule has 0 aromatic heterocycles. The lowest BCUT2D eigenvalue weighted by atomic mass is 10.3. The molecule has 0 radical (unpaired) electrons. The third-order valence-corrected chi connectivity index (χ3v) is 0.982. The zero-order chi connectivity index (χ0) is 7.82. The molecule has 0 spiro atoms. The monoisotopic (exact) mass is 149 g/mol. The molecule has 2 nitrogen and oxygen atoms in total. The van der Waals surface area contributed by atoms with E-state index in [4.69, 9.17) is 4.84 Å². The lowest BCUT2D eigenvalue weighted by Gasteiger charge is -2.06. The Kier molecular flexibility index (Phi) is 6.86. The predicted molar refractivity (Wildman–Crippen MR) is 39.4 cm³/mol. The van der Waals surface area contributed by atoms with Crippen molar-refractivity contribution in [3.05, 3.63) is 0 Å². The SMILES string of the molecule is CC(C)ONCCCCF. The second kappa shape index (κ2) is 6.96. The second-order valence-electron chi connectivity index (χ2n) is 2.46. The third-order valence-electron chi connectivity index (χ3n) is 0.982. The number of hydrogen-bond acceptors (Lipinski definition) is 2. The number of rotatable bonds is 6. The summed E-state index contributed by atoms with van der Waals surface area (Å²) in [6.45, 7) is 4.40. The highest BCUT2D eigenvalue weighted by Crippen LogP contribution is 1.88. The molecule has 1 N–H and O–H groups in total. The molecule has 0 saturated carbocycles. The maximum atomic E-state index is 11.5. The van der Waals surface area contributed by atoms with E-state index in [9.17, 15) is 4.39 Å². The lowest BCUT2D eigenvalue weighted by Crippen LogP contribution is -2.20. The van der Waals surface area contributed by atoms with Crippen LogP contribution in [0.3, 0.4) is 0 Å². The normalized spacial score (nSPS) is 10.8. The molecule has 0 amide bonds. The van der Waals surface area contributed by atoms with Gasteiger partial charge in [-0.1, -0.05) is 0 Å². The molecule has 62 valence electrons. The van der Waals surface area contributed by atoms with E-state index in [1.807, 2.05) is 13.8 Å². The van der Waals surface area contributed by atoms with Crippen LogP contribution < -0.4 is 5.48 Å². The van der Waals surface area contributed by atoms with Crippen molar-refractivity contribution in [2.75, 3.05) is 13.2 Å². The van der Waals surface area contributed by atoms with E-state index in [1.165, 1.54) is 0 Å². The molecule has 3 heteroatoms. The van der Waals surface area contributed by atoms with E-state index >= 15 is 0 Å². The summed E-state index contributed by atoms with van der Waals surface area (Å²) in [4.78, 5) is 5.02. The van der Waals surface area contributed by atoms with Crippen molar-refractivity contribution in [3.8, 4) is 0 Å². The van der Waals surface area contributed by atoms with Gasteiger partial charge in [-0.05, 0) is 26.7 Å². The van der Waals surface area contributed by atoms with Gasteiger partial charge in [0.1, 0.15) is 0 Å². The van der Waals surface area contributed by atoms with Crippen LogP contribution in [0, 0.1) is 0 Å². The van der Waals surface area contributed by atoms with Crippen LogP contribution in [0.4, 0.5) is 4.39 Å². The van der Waals surface area contributed by atoms with Gasteiger partial charge in [0, 0.05) is 6.54 Å². The number of unbranched alkanes of at least 4 members (excludes halogenated alkanes) is 1. The molecule has 0 bridgehead atoms. The third kappa shape index (κ3) is 7.85. The summed E-state index contributed by atoms with van der Waals surface area (Å²) in [5, 5.41) is 0. The summed E-state index contributed by atoms with van der Waals surface area (Å²) in [6.07, 6.45) is 1.66. The van der Waals surface area contributed by atoms with E-state index < -0.39 is 0 Å². The Hall–Kier alpha value is -0.150. The van der Waals surface area contributed by atoms with Crippen LogP contribution in [0.15, 0.2) is 0 Å². The first kappa shape index (κ1) is 9.85. The van der Waals surface area contributed by atoms with Crippen molar-refractivity contribution in [2.45, 2.75) is 32.8 Å². The van der Waals surface area contributed by atoms with Crippen LogP contribution in [-0.2, 0) is 4.84 Å². The zero-order valence-corrected chi connectivity index (χ0v) is 6.69. The van der Waals surface area contributed by atoms with E-state index in [0.717, 1.165) is 13.0 Å². The fraction of sp³-hybridized carbons (Fsp3) is 1.00. The van der Waals surface area contributed by atoms with Crippen LogP contribution in [0.1, 0.15) is 26.7 Å². The molecule has 0 heterocycles. The molecule has 0 aromatic carbocycles. The van der Waals surface area contributed by atoms with Gasteiger partial charge in [-0.2, -0.15) is 0 Å². The average Bonchev–Trinajstić information content (AvgIpc) is 1.87. The maximum Gasteiger partial charge on any atom is 0.0895 e. The fourth-order valence-corrected chi connectivity index (χ4v) is 0.517. The standard InChI is InChI=1S/C7H16FNO/c1-7(2)10-9-6-4-3-5-8/h7,9H,3-6H2,1-2H3. The van der Waals surface area contributed by atoms with E-state index in [1.54, 1.807) is 0 Å². The van der Waals surface area contributed by atoms with Crippen LogP contribution in [0.5, 0.6) is 0 Å². The topological polar surface area (TPSA) is 21.3 Å². The molecular weight excluding hydrogens is 133 g/mol. The summed E-state index contributed by atoms with van der Waals surface area (Å²) in [5.74, 6) is 0. The van der Waals surface area contributed by atoms with Crippen LogP contribution in [0.25, 0.3) is 0 Å². The minimum Gasteiger partial charge on any atom is -0.299 e. The van der Waals surface area contributed by atoms with Gasteiger partial charge in [0.15, 0.2) is 0 Å². The number of hydrogen-bond donors (Lipinski definition) is 1. The van der Waals surface area contributed by atoms with Crippen molar-refractivity contribution in [1.29, 1.82) is 0 Å². The van der Waals surface area contributed by atoms with Crippen molar-refractivity contribution < 1.29 is 9.23 Å². The van der Waals surface area contributed by atoms with Gasteiger partial charge in [-0.15, -0.1) is 0 Å². The van der Waals surface area contributed by atoms with E-state index in [2.05, 4.69) is 5.48 Å². The summed E-state index contributed by atoms with van der Waals surface area (Å²) in [7, 11) is 0. The molecule has 0 aliphatic rings. The van der Waals surface area contributed by atoms with Gasteiger partial charge in [0.25, 0.3) is 0 Å². The van der Waals surface area contributed by atoms with Gasteiger partial charge in [-0.25, -0.2) is 5.48 Å². The molecule has 0 fully saturated rings. The van der Waals surface area contributed by atoms with Crippen LogP contribution >= 0.6 is 0 Å². The van der Waals surface area contributed by atoms with Gasteiger partial charge >= 0.3 is 0 Å². The molecule has 0 aliphatic carbocycles. The molecule has 0 atom stereocenters. The Labute approximate surface area is 61.7 Å². The minimum absolute atomic E-state index is 0.199. The molecule has 0 aliphatic heterocycles. The van der Waals surface area contributed by atoms with Gasteiger partial charge in [0.05, 0.1) is 12.8 Å². The highest BCUT2D eigenvalue weighted by molar-refractivity contribution is 4.39. The van der Waals surface area contributed by atoms with Crippen molar-refractivity contribution in [2.24, 2.45) is 0 Å². The average molecular weight is 149 g/mol. The lowest BCUT2D eigenvalue weighted by molar-refractivity contribution is -0.00539. The van der Waals surface area contributed by atoms with E-state index in [-0.39, 0.29) is 12.8 Å². The van der Waals surface area contributed by atoms with Crippen molar-refractivity contribution >= 4 is 0 Å². The number of halogens is 1. The largest absolute Gasteiger partial charge is 0.299 e. The molecule has 0 rings (SSSR count). The van der Waals surface area contributed by atoms with Gasteiger partial charge in [-0.3, -0.25) is 9.23 Å². The quantitative estimate of drug-likeness (QED) is 0.458. The highest BCUT2D eigenvalue weighted by Gasteiger charge is 1.91. The Morgan fingerprint density at radius 2 is 2.10 bits per heavy atom. The van der Waals surface area contributed by atoms with Gasteiger partial charge in [0.2, 0.25) is 0 Å². The summed E-state index contributed by atoms with van der Waals surface area (Å²) < 4.78 is 11.5. The first-order valence-corrected chi connectivity index (χ1v) is 3.72. The summed E-state index contributed by atoms with van der Waals surface area (Å²) in [6, 6.07) is 0. The first-order valence-electron chi connectivity index (χ1n) is 3.72. The first-order chi connectivity index (χ1) is 4.77. The van der Waals surface area contributed by atoms with Crippen LogP contribution in [0.2, 0.25) is 0 Å². The number of alkyl halides is 1. The number of nitrogens with one attached hydrogen (secondary N) is 1. The minimum atomic E-state index is -0.233. The Balaban J connectivity index is 2.77. The summed E-state index contributed by atoms with van der Waals surface area (Å²) in [5.41, 5.74) is 2.75. The molecular formula is C7H16FNO. The highest BCUT2D eigenvalue weighted by atomic mass is 19.1. The molecule has 10 heavy (non-hydrogen) atoms. The Morgan fingerprint density at radius 1 is 1.40 bits per heavy atom. The second-order valence-corrected chi connectivity index (χ2v) is 2.46. The fourth-order valence-electron chi connectivity index (χ4n) is 0.517. The predicted octanol–water partition coefficient (Wildman–Crippen LogP) is 1.67.